The van der Waals surface area contributed by atoms with Gasteiger partial charge in [-0.15, -0.1) is 11.3 Å². The van der Waals surface area contributed by atoms with Gasteiger partial charge in [0.2, 0.25) is 0 Å². The second-order valence-electron chi connectivity index (χ2n) is 2.30. The lowest BCUT2D eigenvalue weighted by Crippen LogP contribution is -2.24. The molecule has 1 aromatic heterocycles. The molecular formula is C7H8ClNO2S. The molecule has 2 N–H and O–H groups in total. The summed E-state index contributed by atoms with van der Waals surface area (Å²) in [6.07, 6.45) is -0.997. The van der Waals surface area contributed by atoms with Crippen LogP contribution >= 0.6 is 22.9 Å². The molecule has 5 heteroatoms. The Kier molecular flexibility index (Phi) is 3.08. The molecule has 1 heterocycles. The quantitative estimate of drug-likeness (QED) is 0.773. The number of carbonyl (C=O) groups is 1. The minimum atomic E-state index is -0.997. The Morgan fingerprint density at radius 2 is 2.50 bits per heavy atom. The summed E-state index contributed by atoms with van der Waals surface area (Å²) in [6.45, 7) is 1.41. The third-order valence-corrected chi connectivity index (χ3v) is 2.31. The Labute approximate surface area is 79.0 Å². The Hall–Kier alpha value is -0.580. The monoisotopic (exact) mass is 205 g/mol. The molecule has 1 rings (SSSR count). The van der Waals surface area contributed by atoms with Crippen LogP contribution in [0.4, 0.5) is 5.69 Å². The minimum Gasteiger partial charge on any atom is -0.384 e. The minimum absolute atomic E-state index is 0.426. The summed E-state index contributed by atoms with van der Waals surface area (Å²) >= 11 is 6.96. The van der Waals surface area contributed by atoms with E-state index in [0.29, 0.717) is 10.0 Å². The number of rotatable bonds is 2. The SMILES string of the molecule is C[C@@H](O)C(=O)Nc1csc(Cl)c1. The van der Waals surface area contributed by atoms with E-state index in [9.17, 15) is 4.79 Å². The smallest absolute Gasteiger partial charge is 0.252 e. The van der Waals surface area contributed by atoms with Crippen LogP contribution in [0.1, 0.15) is 6.92 Å². The molecule has 1 amide bonds. The Bertz CT molecular complexity index is 285. The highest BCUT2D eigenvalue weighted by atomic mass is 35.5. The summed E-state index contributed by atoms with van der Waals surface area (Å²) in [5.74, 6) is -0.426. The highest BCUT2D eigenvalue weighted by molar-refractivity contribution is 7.14. The van der Waals surface area contributed by atoms with Crippen LogP contribution in [0.3, 0.4) is 0 Å². The number of thiophene rings is 1. The number of anilines is 1. The van der Waals surface area contributed by atoms with Gasteiger partial charge in [-0.3, -0.25) is 4.79 Å². The maximum absolute atomic E-state index is 10.9. The van der Waals surface area contributed by atoms with Crippen molar-refractivity contribution >= 4 is 34.5 Å². The molecule has 12 heavy (non-hydrogen) atoms. The van der Waals surface area contributed by atoms with Crippen molar-refractivity contribution < 1.29 is 9.90 Å². The molecule has 1 atom stereocenters. The van der Waals surface area contributed by atoms with Crippen LogP contribution in [0.5, 0.6) is 0 Å². The van der Waals surface area contributed by atoms with Crippen molar-refractivity contribution in [2.75, 3.05) is 5.32 Å². The van der Waals surface area contributed by atoms with Crippen molar-refractivity contribution in [3.8, 4) is 0 Å². The van der Waals surface area contributed by atoms with Gasteiger partial charge in [-0.05, 0) is 13.0 Å². The van der Waals surface area contributed by atoms with Gasteiger partial charge in [0.1, 0.15) is 6.10 Å². The van der Waals surface area contributed by atoms with E-state index in [1.165, 1.54) is 18.3 Å². The first kappa shape index (κ1) is 9.51. The van der Waals surface area contributed by atoms with Gasteiger partial charge >= 0.3 is 0 Å². The third-order valence-electron chi connectivity index (χ3n) is 1.21. The van der Waals surface area contributed by atoms with E-state index < -0.39 is 12.0 Å². The van der Waals surface area contributed by atoms with Crippen molar-refractivity contribution in [1.82, 2.24) is 0 Å². The average molecular weight is 206 g/mol. The molecule has 0 saturated heterocycles. The van der Waals surface area contributed by atoms with E-state index in [4.69, 9.17) is 16.7 Å². The number of hydrogen-bond donors (Lipinski definition) is 2. The van der Waals surface area contributed by atoms with Gasteiger partial charge in [0.05, 0.1) is 10.0 Å². The lowest BCUT2D eigenvalue weighted by atomic mass is 10.4. The number of aliphatic hydroxyl groups is 1. The van der Waals surface area contributed by atoms with Crippen molar-refractivity contribution in [1.29, 1.82) is 0 Å². The zero-order chi connectivity index (χ0) is 9.14. The lowest BCUT2D eigenvalue weighted by molar-refractivity contribution is -0.123. The number of aliphatic hydroxyl groups excluding tert-OH is 1. The molecule has 0 saturated carbocycles. The number of nitrogens with one attached hydrogen (secondary N) is 1. The fraction of sp³-hybridized carbons (Fsp3) is 0.286. The maximum atomic E-state index is 10.9. The standard InChI is InChI=1S/C7H8ClNO2S/c1-4(10)7(11)9-5-2-6(8)12-3-5/h2-4,10H,1H3,(H,9,11)/t4-/m1/s1. The van der Waals surface area contributed by atoms with Gasteiger partial charge in [-0.1, -0.05) is 11.6 Å². The Morgan fingerprint density at radius 1 is 1.83 bits per heavy atom. The van der Waals surface area contributed by atoms with Crippen LogP contribution in [-0.2, 0) is 4.79 Å². The van der Waals surface area contributed by atoms with Crippen molar-refractivity contribution in [2.45, 2.75) is 13.0 Å². The molecule has 0 unspecified atom stereocenters. The molecule has 0 bridgehead atoms. The molecule has 66 valence electrons. The Balaban J connectivity index is 2.58. The van der Waals surface area contributed by atoms with E-state index in [-0.39, 0.29) is 0 Å². The first-order valence-corrected chi connectivity index (χ1v) is 4.58. The molecule has 0 aliphatic heterocycles. The van der Waals surface area contributed by atoms with E-state index >= 15 is 0 Å². The summed E-state index contributed by atoms with van der Waals surface area (Å²) in [4.78, 5) is 10.9. The number of hydrogen-bond acceptors (Lipinski definition) is 3. The van der Waals surface area contributed by atoms with Crippen molar-refractivity contribution in [3.63, 3.8) is 0 Å². The molecule has 0 aliphatic carbocycles. The summed E-state index contributed by atoms with van der Waals surface area (Å²) in [5, 5.41) is 13.1. The fourth-order valence-corrected chi connectivity index (χ4v) is 1.44. The van der Waals surface area contributed by atoms with Gasteiger partial charge in [0.15, 0.2) is 0 Å². The maximum Gasteiger partial charge on any atom is 0.252 e. The molecule has 0 aliphatic rings. The lowest BCUT2D eigenvalue weighted by Gasteiger charge is -2.03. The normalized spacial score (nSPS) is 12.6. The largest absolute Gasteiger partial charge is 0.384 e. The number of halogens is 1. The van der Waals surface area contributed by atoms with E-state index in [2.05, 4.69) is 5.32 Å². The first-order valence-electron chi connectivity index (χ1n) is 3.32. The fourth-order valence-electron chi connectivity index (χ4n) is 0.622. The predicted octanol–water partition coefficient (Wildman–Crippen LogP) is 1.72. The topological polar surface area (TPSA) is 49.3 Å². The van der Waals surface area contributed by atoms with Gasteiger partial charge in [0.25, 0.3) is 5.91 Å². The Morgan fingerprint density at radius 3 is 2.92 bits per heavy atom. The van der Waals surface area contributed by atoms with E-state index in [1.54, 1.807) is 11.4 Å². The highest BCUT2D eigenvalue weighted by Crippen LogP contribution is 2.23. The van der Waals surface area contributed by atoms with E-state index in [0.717, 1.165) is 0 Å². The summed E-state index contributed by atoms with van der Waals surface area (Å²) < 4.78 is 0.607. The third kappa shape index (κ3) is 2.48. The van der Waals surface area contributed by atoms with Crippen LogP contribution < -0.4 is 5.32 Å². The molecular weight excluding hydrogens is 198 g/mol. The van der Waals surface area contributed by atoms with Crippen LogP contribution in [-0.4, -0.2) is 17.1 Å². The number of amides is 1. The van der Waals surface area contributed by atoms with Gasteiger partial charge in [-0.2, -0.15) is 0 Å². The van der Waals surface area contributed by atoms with Gasteiger partial charge < -0.3 is 10.4 Å². The van der Waals surface area contributed by atoms with Gasteiger partial charge in [0, 0.05) is 5.38 Å². The molecule has 1 aromatic rings. The summed E-state index contributed by atoms with van der Waals surface area (Å²) in [5.41, 5.74) is 0.621. The van der Waals surface area contributed by atoms with Crippen LogP contribution in [0.25, 0.3) is 0 Å². The summed E-state index contributed by atoms with van der Waals surface area (Å²) in [7, 11) is 0. The van der Waals surface area contributed by atoms with Crippen molar-refractivity contribution in [3.05, 3.63) is 15.8 Å². The molecule has 0 radical (unpaired) electrons. The zero-order valence-corrected chi connectivity index (χ0v) is 7.95. The van der Waals surface area contributed by atoms with Crippen LogP contribution in [0, 0.1) is 0 Å². The molecule has 0 aromatic carbocycles. The second kappa shape index (κ2) is 3.89. The zero-order valence-electron chi connectivity index (χ0n) is 6.37. The van der Waals surface area contributed by atoms with Crippen molar-refractivity contribution in [2.24, 2.45) is 0 Å². The molecule has 0 fully saturated rings. The first-order chi connectivity index (χ1) is 5.59. The van der Waals surface area contributed by atoms with E-state index in [1.807, 2.05) is 0 Å². The van der Waals surface area contributed by atoms with Crippen LogP contribution in [0.2, 0.25) is 4.34 Å². The second-order valence-corrected chi connectivity index (χ2v) is 3.85. The molecule has 0 spiro atoms. The summed E-state index contributed by atoms with van der Waals surface area (Å²) in [6, 6.07) is 1.63. The van der Waals surface area contributed by atoms with Gasteiger partial charge in [-0.25, -0.2) is 0 Å². The average Bonchev–Trinajstić information content (AvgIpc) is 2.35. The predicted molar refractivity (Wildman–Crippen MR) is 49.6 cm³/mol. The number of carbonyl (C=O) groups excluding carboxylic acids is 1. The molecule has 3 nitrogen and oxygen atoms in total. The van der Waals surface area contributed by atoms with Crippen LogP contribution in [0.15, 0.2) is 11.4 Å². The highest BCUT2D eigenvalue weighted by Gasteiger charge is 2.09.